The number of carbonyl (C=O) groups is 1. The molecule has 0 radical (unpaired) electrons. The lowest BCUT2D eigenvalue weighted by Crippen LogP contribution is -2.72. The van der Waals surface area contributed by atoms with Gasteiger partial charge in [0.15, 0.2) is 0 Å². The first kappa shape index (κ1) is 20.5. The largest absolute Gasteiger partial charge is 0.508 e. The molecule has 4 heteroatoms. The van der Waals surface area contributed by atoms with Crippen LogP contribution in [0, 0.1) is 5.41 Å². The molecule has 2 heterocycles. The molecule has 1 spiro atoms. The lowest BCUT2D eigenvalue weighted by molar-refractivity contribution is -0.112. The highest BCUT2D eigenvalue weighted by Gasteiger charge is 2.51. The fraction of sp³-hybridized carbons (Fsp3) is 0.345. The van der Waals surface area contributed by atoms with Gasteiger partial charge in [-0.1, -0.05) is 48.5 Å². The van der Waals surface area contributed by atoms with Gasteiger partial charge >= 0.3 is 0 Å². The molecule has 3 aliphatic rings. The Kier molecular flexibility index (Phi) is 4.99. The van der Waals surface area contributed by atoms with Crippen LogP contribution in [0.25, 0.3) is 0 Å². The Morgan fingerprint density at radius 3 is 2.39 bits per heavy atom. The number of carbonyl (C=O) groups excluding carboxylic acids is 1. The number of phenols is 1. The fourth-order valence-electron chi connectivity index (χ4n) is 6.45. The minimum absolute atomic E-state index is 0.289. The van der Waals surface area contributed by atoms with Crippen molar-refractivity contribution in [2.45, 2.75) is 24.7 Å². The van der Waals surface area contributed by atoms with Crippen LogP contribution in [0.15, 0.2) is 72.8 Å². The molecule has 3 aromatic carbocycles. The second kappa shape index (κ2) is 8.03. The molecular formula is C29H30N2O2. The summed E-state index contributed by atoms with van der Waals surface area (Å²) in [5, 5.41) is 10.0. The van der Waals surface area contributed by atoms with Crippen LogP contribution in [0.4, 0.5) is 5.69 Å². The monoisotopic (exact) mass is 438 g/mol. The molecule has 33 heavy (non-hydrogen) atoms. The molecule has 0 amide bonds. The smallest absolute Gasteiger partial charge is 0.133 e. The number of aromatic hydroxyl groups is 1. The molecule has 0 aromatic heterocycles. The molecule has 3 aromatic rings. The Morgan fingerprint density at radius 2 is 1.67 bits per heavy atom. The van der Waals surface area contributed by atoms with Crippen molar-refractivity contribution in [3.05, 3.63) is 95.1 Å². The third-order valence-corrected chi connectivity index (χ3v) is 7.94. The maximum absolute atomic E-state index is 10.7. The van der Waals surface area contributed by atoms with E-state index in [1.54, 1.807) is 0 Å². The standard InChI is InChI=1S/C29H30N2O2/c32-15-14-30-17-29(18-30)19-31(20-29)24-9-6-22(7-10-24)28-26(21-4-2-1-3-5-21)12-8-23-16-25(33)11-13-27(23)28/h1-7,9-11,13,15-16,26,28,33H,8,12,14,17-20H2/t26?,28-/m1/s1. The van der Waals surface area contributed by atoms with Crippen LogP contribution in [-0.2, 0) is 11.2 Å². The van der Waals surface area contributed by atoms with E-state index < -0.39 is 0 Å². The van der Waals surface area contributed by atoms with Gasteiger partial charge in [-0.05, 0) is 65.3 Å². The number of nitrogens with zero attached hydrogens (tertiary/aromatic N) is 2. The van der Waals surface area contributed by atoms with Crippen molar-refractivity contribution in [3.63, 3.8) is 0 Å². The molecule has 4 nitrogen and oxygen atoms in total. The molecule has 0 saturated carbocycles. The zero-order valence-corrected chi connectivity index (χ0v) is 18.9. The summed E-state index contributed by atoms with van der Waals surface area (Å²) in [7, 11) is 0. The van der Waals surface area contributed by atoms with Crippen LogP contribution >= 0.6 is 0 Å². The number of rotatable bonds is 5. The van der Waals surface area contributed by atoms with E-state index in [2.05, 4.69) is 70.5 Å². The highest BCUT2D eigenvalue weighted by atomic mass is 16.3. The van der Waals surface area contributed by atoms with Crippen LogP contribution < -0.4 is 4.90 Å². The minimum atomic E-state index is 0.289. The van der Waals surface area contributed by atoms with Crippen LogP contribution in [-0.4, -0.2) is 49.0 Å². The highest BCUT2D eigenvalue weighted by molar-refractivity contribution is 5.56. The predicted octanol–water partition coefficient (Wildman–Crippen LogP) is 4.58. The number of hydrogen-bond acceptors (Lipinski definition) is 4. The first-order chi connectivity index (χ1) is 16.1. The molecule has 6 rings (SSSR count). The van der Waals surface area contributed by atoms with Crippen LogP contribution in [0.1, 0.15) is 40.5 Å². The number of aryl methyl sites for hydroxylation is 1. The van der Waals surface area contributed by atoms with Crippen molar-refractivity contribution in [2.75, 3.05) is 37.6 Å². The van der Waals surface area contributed by atoms with E-state index in [4.69, 9.17) is 0 Å². The number of hydrogen-bond donors (Lipinski definition) is 1. The zero-order chi connectivity index (χ0) is 22.4. The predicted molar refractivity (Wildman–Crippen MR) is 131 cm³/mol. The summed E-state index contributed by atoms with van der Waals surface area (Å²) in [6, 6.07) is 25.9. The van der Waals surface area contributed by atoms with Crippen LogP contribution in [0.3, 0.4) is 0 Å². The Hall–Kier alpha value is -3.11. The lowest BCUT2D eigenvalue weighted by atomic mass is 9.69. The first-order valence-electron chi connectivity index (χ1n) is 12.0. The molecule has 1 unspecified atom stereocenters. The summed E-state index contributed by atoms with van der Waals surface area (Å²) in [6.07, 6.45) is 3.09. The number of phenolic OH excluding ortho intramolecular Hbond substituents is 1. The average molecular weight is 439 g/mol. The van der Waals surface area contributed by atoms with Crippen molar-refractivity contribution < 1.29 is 9.90 Å². The molecule has 1 N–H and O–H groups in total. The van der Waals surface area contributed by atoms with Crippen LogP contribution in [0.5, 0.6) is 5.75 Å². The van der Waals surface area contributed by atoms with Crippen molar-refractivity contribution in [1.82, 2.24) is 4.90 Å². The van der Waals surface area contributed by atoms with Gasteiger partial charge in [-0.2, -0.15) is 0 Å². The first-order valence-corrected chi connectivity index (χ1v) is 12.0. The van der Waals surface area contributed by atoms with Gasteiger partial charge in [-0.3, -0.25) is 4.90 Å². The Balaban J connectivity index is 1.25. The fourth-order valence-corrected chi connectivity index (χ4v) is 6.45. The second-order valence-corrected chi connectivity index (χ2v) is 10.2. The lowest BCUT2D eigenvalue weighted by Gasteiger charge is -2.60. The van der Waals surface area contributed by atoms with E-state index >= 15 is 0 Å². The average Bonchev–Trinajstić information content (AvgIpc) is 2.80. The minimum Gasteiger partial charge on any atom is -0.508 e. The molecule has 1 aliphatic carbocycles. The third kappa shape index (κ3) is 3.63. The summed E-state index contributed by atoms with van der Waals surface area (Å²) in [4.78, 5) is 15.4. The summed E-state index contributed by atoms with van der Waals surface area (Å²) in [5.41, 5.74) is 7.02. The van der Waals surface area contributed by atoms with Crippen molar-refractivity contribution in [2.24, 2.45) is 5.41 Å². The molecule has 2 atom stereocenters. The summed E-state index contributed by atoms with van der Waals surface area (Å²) in [5.74, 6) is 1.08. The van der Waals surface area contributed by atoms with Crippen molar-refractivity contribution in [1.29, 1.82) is 0 Å². The van der Waals surface area contributed by atoms with E-state index in [0.29, 0.717) is 23.6 Å². The van der Waals surface area contributed by atoms with E-state index in [1.807, 2.05) is 12.1 Å². The Labute approximate surface area is 195 Å². The maximum Gasteiger partial charge on any atom is 0.133 e. The molecule has 2 aliphatic heterocycles. The summed E-state index contributed by atoms with van der Waals surface area (Å²) >= 11 is 0. The molecular weight excluding hydrogens is 408 g/mol. The van der Waals surface area contributed by atoms with Gasteiger partial charge < -0.3 is 14.8 Å². The topological polar surface area (TPSA) is 43.8 Å². The molecule has 2 saturated heterocycles. The van der Waals surface area contributed by atoms with Gasteiger partial charge in [-0.15, -0.1) is 0 Å². The van der Waals surface area contributed by atoms with Gasteiger partial charge in [0.1, 0.15) is 12.0 Å². The molecule has 168 valence electrons. The van der Waals surface area contributed by atoms with Gasteiger partial charge in [-0.25, -0.2) is 0 Å². The quantitative estimate of drug-likeness (QED) is 0.593. The SMILES string of the molecule is O=CCN1CC2(C1)CN(c1ccc([C@H]3c4ccc(O)cc4CCC3c3ccccc3)cc1)C2. The van der Waals surface area contributed by atoms with Gasteiger partial charge in [0.25, 0.3) is 0 Å². The third-order valence-electron chi connectivity index (χ3n) is 7.94. The Bertz CT molecular complexity index is 1140. The van der Waals surface area contributed by atoms with Gasteiger partial charge in [0, 0.05) is 43.2 Å². The number of likely N-dealkylation sites (tertiary alicyclic amines) is 1. The van der Waals surface area contributed by atoms with E-state index in [1.165, 1.54) is 27.9 Å². The van der Waals surface area contributed by atoms with E-state index in [0.717, 1.165) is 45.3 Å². The van der Waals surface area contributed by atoms with E-state index in [-0.39, 0.29) is 5.92 Å². The number of benzene rings is 3. The summed E-state index contributed by atoms with van der Waals surface area (Å²) < 4.78 is 0. The molecule has 2 fully saturated rings. The van der Waals surface area contributed by atoms with Crippen molar-refractivity contribution in [3.8, 4) is 5.75 Å². The van der Waals surface area contributed by atoms with E-state index in [9.17, 15) is 9.90 Å². The maximum atomic E-state index is 10.7. The molecule has 0 bridgehead atoms. The van der Waals surface area contributed by atoms with Gasteiger partial charge in [0.2, 0.25) is 0 Å². The normalized spacial score (nSPS) is 23.5. The number of anilines is 1. The number of aldehydes is 1. The van der Waals surface area contributed by atoms with Crippen LogP contribution in [0.2, 0.25) is 0 Å². The number of fused-ring (bicyclic) bond motifs is 1. The Morgan fingerprint density at radius 1 is 0.909 bits per heavy atom. The second-order valence-electron chi connectivity index (χ2n) is 10.2. The summed E-state index contributed by atoms with van der Waals surface area (Å²) in [6.45, 7) is 4.83. The van der Waals surface area contributed by atoms with Gasteiger partial charge in [0.05, 0.1) is 6.54 Å². The zero-order valence-electron chi connectivity index (χ0n) is 18.9. The highest BCUT2D eigenvalue weighted by Crippen LogP contribution is 2.48. The van der Waals surface area contributed by atoms with Crippen molar-refractivity contribution >= 4 is 12.0 Å².